The van der Waals surface area contributed by atoms with Gasteiger partial charge in [0.25, 0.3) is 5.91 Å². The number of rotatable bonds is 4. The van der Waals surface area contributed by atoms with Gasteiger partial charge in [0.2, 0.25) is 0 Å². The average Bonchev–Trinajstić information content (AvgIpc) is 2.88. The SMILES string of the molecule is CC(C)(C)c1nc(CCNC(=O)C2(O)CCSCC2)cs1. The summed E-state index contributed by atoms with van der Waals surface area (Å²) in [5.41, 5.74) is -0.0817. The number of carbonyl (C=O) groups excluding carboxylic acids is 1. The highest BCUT2D eigenvalue weighted by Gasteiger charge is 2.37. The summed E-state index contributed by atoms with van der Waals surface area (Å²) in [6.45, 7) is 6.97. The van der Waals surface area contributed by atoms with Crippen LogP contribution in [-0.4, -0.2) is 39.6 Å². The summed E-state index contributed by atoms with van der Waals surface area (Å²) in [7, 11) is 0. The highest BCUT2D eigenvalue weighted by atomic mass is 32.2. The lowest BCUT2D eigenvalue weighted by Crippen LogP contribution is -2.49. The Bertz CT molecular complexity index is 488. The van der Waals surface area contributed by atoms with E-state index in [2.05, 4.69) is 36.5 Å². The van der Waals surface area contributed by atoms with Gasteiger partial charge in [-0.05, 0) is 24.3 Å². The van der Waals surface area contributed by atoms with E-state index >= 15 is 0 Å². The first-order valence-corrected chi connectivity index (χ1v) is 9.38. The summed E-state index contributed by atoms with van der Waals surface area (Å²) < 4.78 is 0. The molecule has 0 bridgehead atoms. The van der Waals surface area contributed by atoms with Crippen LogP contribution in [0.25, 0.3) is 0 Å². The van der Waals surface area contributed by atoms with Gasteiger partial charge < -0.3 is 10.4 Å². The molecule has 1 amide bonds. The Morgan fingerprint density at radius 1 is 1.43 bits per heavy atom. The summed E-state index contributed by atoms with van der Waals surface area (Å²) in [5, 5.41) is 16.3. The van der Waals surface area contributed by atoms with Gasteiger partial charge in [-0.2, -0.15) is 11.8 Å². The fourth-order valence-electron chi connectivity index (χ4n) is 2.17. The number of thioether (sulfide) groups is 1. The van der Waals surface area contributed by atoms with E-state index < -0.39 is 5.60 Å². The summed E-state index contributed by atoms with van der Waals surface area (Å²) in [6.07, 6.45) is 1.81. The minimum atomic E-state index is -1.16. The van der Waals surface area contributed by atoms with Gasteiger partial charge >= 0.3 is 0 Å². The Hall–Kier alpha value is -0.590. The van der Waals surface area contributed by atoms with Crippen LogP contribution in [0.15, 0.2) is 5.38 Å². The van der Waals surface area contributed by atoms with Crippen molar-refractivity contribution in [3.05, 3.63) is 16.1 Å². The molecule has 0 aromatic carbocycles. The van der Waals surface area contributed by atoms with Crippen molar-refractivity contribution in [2.45, 2.75) is 51.0 Å². The molecule has 0 atom stereocenters. The molecular weight excluding hydrogens is 304 g/mol. The topological polar surface area (TPSA) is 62.2 Å². The van der Waals surface area contributed by atoms with Gasteiger partial charge in [0.05, 0.1) is 10.7 Å². The maximum atomic E-state index is 12.1. The zero-order chi connectivity index (χ0) is 15.5. The molecule has 0 spiro atoms. The van der Waals surface area contributed by atoms with Crippen LogP contribution in [0, 0.1) is 0 Å². The Morgan fingerprint density at radius 2 is 2.10 bits per heavy atom. The van der Waals surface area contributed by atoms with Crippen LogP contribution in [0.4, 0.5) is 0 Å². The predicted octanol–water partition coefficient (Wildman–Crippen LogP) is 2.36. The molecular formula is C15H24N2O2S2. The number of nitrogens with zero attached hydrogens (tertiary/aromatic N) is 1. The number of thiazole rings is 1. The molecule has 0 aliphatic carbocycles. The van der Waals surface area contributed by atoms with Gasteiger partial charge in [-0.1, -0.05) is 20.8 Å². The van der Waals surface area contributed by atoms with Gasteiger partial charge in [0, 0.05) is 23.8 Å². The lowest BCUT2D eigenvalue weighted by atomic mass is 9.96. The molecule has 6 heteroatoms. The van der Waals surface area contributed by atoms with E-state index in [-0.39, 0.29) is 11.3 Å². The second kappa shape index (κ2) is 6.67. The highest BCUT2D eigenvalue weighted by molar-refractivity contribution is 7.99. The van der Waals surface area contributed by atoms with Crippen LogP contribution in [-0.2, 0) is 16.6 Å². The minimum absolute atomic E-state index is 0.0705. The Labute approximate surface area is 134 Å². The third kappa shape index (κ3) is 4.44. The smallest absolute Gasteiger partial charge is 0.252 e. The molecule has 1 aliphatic rings. The predicted molar refractivity (Wildman–Crippen MR) is 89.0 cm³/mol. The van der Waals surface area contributed by atoms with Crippen molar-refractivity contribution < 1.29 is 9.90 Å². The van der Waals surface area contributed by atoms with Crippen molar-refractivity contribution in [1.29, 1.82) is 0 Å². The van der Waals surface area contributed by atoms with Crippen LogP contribution in [0.3, 0.4) is 0 Å². The molecule has 0 saturated carbocycles. The van der Waals surface area contributed by atoms with E-state index in [9.17, 15) is 9.90 Å². The van der Waals surface area contributed by atoms with Gasteiger partial charge in [0.15, 0.2) is 0 Å². The van der Waals surface area contributed by atoms with E-state index in [4.69, 9.17) is 0 Å². The van der Waals surface area contributed by atoms with E-state index in [1.54, 1.807) is 23.1 Å². The third-order valence-corrected chi connectivity index (χ3v) is 5.91. The number of hydrogen-bond donors (Lipinski definition) is 2. The Kier molecular flexibility index (Phi) is 5.33. The van der Waals surface area contributed by atoms with Crippen molar-refractivity contribution in [1.82, 2.24) is 10.3 Å². The van der Waals surface area contributed by atoms with E-state index in [0.29, 0.717) is 25.8 Å². The summed E-state index contributed by atoms with van der Waals surface area (Å²) in [5.74, 6) is 1.48. The number of aliphatic hydroxyl groups is 1. The summed E-state index contributed by atoms with van der Waals surface area (Å²) >= 11 is 3.46. The molecule has 2 heterocycles. The summed E-state index contributed by atoms with van der Waals surface area (Å²) in [4.78, 5) is 16.7. The van der Waals surface area contributed by atoms with Crippen LogP contribution in [0.1, 0.15) is 44.3 Å². The quantitative estimate of drug-likeness (QED) is 0.891. The molecule has 0 radical (unpaired) electrons. The number of aromatic nitrogens is 1. The monoisotopic (exact) mass is 328 g/mol. The second-order valence-electron chi connectivity index (χ2n) is 6.54. The Balaban J connectivity index is 1.81. The van der Waals surface area contributed by atoms with Crippen molar-refractivity contribution in [3.63, 3.8) is 0 Å². The second-order valence-corrected chi connectivity index (χ2v) is 8.63. The maximum Gasteiger partial charge on any atom is 0.252 e. The van der Waals surface area contributed by atoms with Gasteiger partial charge in [0.1, 0.15) is 5.60 Å². The number of nitrogens with one attached hydrogen (secondary N) is 1. The van der Waals surface area contributed by atoms with Crippen LogP contribution in [0.5, 0.6) is 0 Å². The van der Waals surface area contributed by atoms with Crippen molar-refractivity contribution in [2.24, 2.45) is 0 Å². The molecule has 2 N–H and O–H groups in total. The number of carbonyl (C=O) groups is 1. The summed E-state index contributed by atoms with van der Waals surface area (Å²) in [6, 6.07) is 0. The van der Waals surface area contributed by atoms with Crippen molar-refractivity contribution in [2.75, 3.05) is 18.1 Å². The highest BCUT2D eigenvalue weighted by Crippen LogP contribution is 2.27. The van der Waals surface area contributed by atoms with Gasteiger partial charge in [-0.25, -0.2) is 4.98 Å². The molecule has 1 aromatic heterocycles. The maximum absolute atomic E-state index is 12.1. The Morgan fingerprint density at radius 3 is 2.67 bits per heavy atom. The fourth-order valence-corrected chi connectivity index (χ4v) is 4.28. The average molecular weight is 329 g/mol. The van der Waals surface area contributed by atoms with Crippen LogP contribution < -0.4 is 5.32 Å². The first-order chi connectivity index (χ1) is 9.81. The minimum Gasteiger partial charge on any atom is -0.380 e. The van der Waals surface area contributed by atoms with Gasteiger partial charge in [-0.3, -0.25) is 4.79 Å². The normalized spacial score (nSPS) is 18.5. The third-order valence-electron chi connectivity index (χ3n) is 3.60. The molecule has 1 aliphatic heterocycles. The molecule has 0 unspecified atom stereocenters. The molecule has 4 nitrogen and oxygen atoms in total. The molecule has 21 heavy (non-hydrogen) atoms. The molecule has 2 rings (SSSR count). The largest absolute Gasteiger partial charge is 0.380 e. The molecule has 1 saturated heterocycles. The molecule has 1 aromatic rings. The van der Waals surface area contributed by atoms with E-state index in [1.165, 1.54) is 0 Å². The lowest BCUT2D eigenvalue weighted by Gasteiger charge is -2.30. The first-order valence-electron chi connectivity index (χ1n) is 7.35. The molecule has 1 fully saturated rings. The lowest BCUT2D eigenvalue weighted by molar-refractivity contribution is -0.140. The van der Waals surface area contributed by atoms with Crippen LogP contribution in [0.2, 0.25) is 0 Å². The van der Waals surface area contributed by atoms with E-state index in [1.807, 2.05) is 0 Å². The van der Waals surface area contributed by atoms with Crippen molar-refractivity contribution in [3.8, 4) is 0 Å². The first kappa shape index (κ1) is 16.8. The fraction of sp³-hybridized carbons (Fsp3) is 0.733. The zero-order valence-corrected chi connectivity index (χ0v) is 14.6. The van der Waals surface area contributed by atoms with Crippen molar-refractivity contribution >= 4 is 29.0 Å². The molecule has 118 valence electrons. The van der Waals surface area contributed by atoms with Crippen LogP contribution >= 0.6 is 23.1 Å². The number of hydrogen-bond acceptors (Lipinski definition) is 5. The van der Waals surface area contributed by atoms with Gasteiger partial charge in [-0.15, -0.1) is 11.3 Å². The standard InChI is InChI=1S/C15H24N2O2S2/c1-14(2,3)13-17-11(10-21-13)4-7-16-12(18)15(19)5-8-20-9-6-15/h10,19H,4-9H2,1-3H3,(H,16,18). The van der Waals surface area contributed by atoms with E-state index in [0.717, 1.165) is 22.2 Å². The number of amides is 1. The zero-order valence-electron chi connectivity index (χ0n) is 12.9.